The van der Waals surface area contributed by atoms with Gasteiger partial charge in [-0.3, -0.25) is 0 Å². The average Bonchev–Trinajstić information content (AvgIpc) is 2.85. The Morgan fingerprint density at radius 2 is 2.18 bits per heavy atom. The summed E-state index contributed by atoms with van der Waals surface area (Å²) in [5, 5.41) is 3.08. The lowest BCUT2D eigenvalue weighted by molar-refractivity contribution is 0.500. The quantitative estimate of drug-likeness (QED) is 0.826. The maximum absolute atomic E-state index is 5.75. The summed E-state index contributed by atoms with van der Waals surface area (Å²) in [7, 11) is 1.92. The molecular weight excluding hydrogens is 232 g/mol. The summed E-state index contributed by atoms with van der Waals surface area (Å²) in [4.78, 5) is 5.50. The minimum absolute atomic E-state index is 0.783. The number of nitrogens with one attached hydrogen (secondary N) is 1. The van der Waals surface area contributed by atoms with Crippen LogP contribution in [0.25, 0.3) is 11.3 Å². The van der Waals surface area contributed by atoms with E-state index in [1.54, 1.807) is 18.0 Å². The van der Waals surface area contributed by atoms with Crippen molar-refractivity contribution >= 4 is 11.8 Å². The molecule has 0 amide bonds. The molecule has 0 bridgehead atoms. The van der Waals surface area contributed by atoms with E-state index in [9.17, 15) is 0 Å². The highest BCUT2D eigenvalue weighted by atomic mass is 32.2. The van der Waals surface area contributed by atoms with Gasteiger partial charge in [0.2, 0.25) is 0 Å². The van der Waals surface area contributed by atoms with E-state index in [1.165, 1.54) is 4.90 Å². The van der Waals surface area contributed by atoms with Crippen molar-refractivity contribution in [3.8, 4) is 11.3 Å². The maximum atomic E-state index is 5.75. The summed E-state index contributed by atoms with van der Waals surface area (Å²) >= 11 is 1.72. The Kier molecular flexibility index (Phi) is 4.23. The van der Waals surface area contributed by atoms with Gasteiger partial charge in [0.15, 0.2) is 11.7 Å². The Labute approximate surface area is 106 Å². The largest absolute Gasteiger partial charge is 0.441 e. The van der Waals surface area contributed by atoms with Crippen molar-refractivity contribution in [3.05, 3.63) is 36.4 Å². The monoisotopic (exact) mass is 248 g/mol. The highest BCUT2D eigenvalue weighted by molar-refractivity contribution is 7.98. The molecule has 0 saturated heterocycles. The van der Waals surface area contributed by atoms with Gasteiger partial charge < -0.3 is 9.73 Å². The van der Waals surface area contributed by atoms with Crippen molar-refractivity contribution in [2.45, 2.75) is 11.3 Å². The Balaban J connectivity index is 2.24. The van der Waals surface area contributed by atoms with Gasteiger partial charge in [-0.2, -0.15) is 0 Å². The number of oxazole rings is 1. The van der Waals surface area contributed by atoms with E-state index in [0.29, 0.717) is 0 Å². The van der Waals surface area contributed by atoms with E-state index in [0.717, 1.165) is 30.2 Å². The summed E-state index contributed by atoms with van der Waals surface area (Å²) in [6.45, 7) is 0.879. The van der Waals surface area contributed by atoms with Crippen molar-refractivity contribution in [2.75, 3.05) is 19.8 Å². The van der Waals surface area contributed by atoms with Crippen LogP contribution in [0.15, 0.2) is 39.8 Å². The summed E-state index contributed by atoms with van der Waals surface area (Å²) < 4.78 is 5.75. The van der Waals surface area contributed by atoms with E-state index < -0.39 is 0 Å². The maximum Gasteiger partial charge on any atom is 0.196 e. The number of hydrogen-bond donors (Lipinski definition) is 1. The van der Waals surface area contributed by atoms with Gasteiger partial charge in [-0.25, -0.2) is 4.98 Å². The molecule has 0 atom stereocenters. The molecule has 1 heterocycles. The van der Waals surface area contributed by atoms with Crippen LogP contribution in [0, 0.1) is 0 Å². The Bertz CT molecular complexity index is 482. The van der Waals surface area contributed by atoms with E-state index >= 15 is 0 Å². The van der Waals surface area contributed by atoms with Crippen LogP contribution in [0.4, 0.5) is 0 Å². The van der Waals surface area contributed by atoms with Gasteiger partial charge >= 0.3 is 0 Å². The normalized spacial score (nSPS) is 10.7. The molecule has 3 nitrogen and oxygen atoms in total. The van der Waals surface area contributed by atoms with Gasteiger partial charge in [0, 0.05) is 23.4 Å². The summed E-state index contributed by atoms with van der Waals surface area (Å²) in [6.07, 6.45) is 4.69. The molecule has 0 aliphatic heterocycles. The number of benzene rings is 1. The molecule has 0 unspecified atom stereocenters. The molecule has 0 spiro atoms. The number of thioether (sulfide) groups is 1. The van der Waals surface area contributed by atoms with Crippen LogP contribution < -0.4 is 5.32 Å². The molecule has 0 radical (unpaired) electrons. The minimum Gasteiger partial charge on any atom is -0.441 e. The second-order valence-electron chi connectivity index (χ2n) is 3.67. The van der Waals surface area contributed by atoms with E-state index in [-0.39, 0.29) is 0 Å². The van der Waals surface area contributed by atoms with E-state index in [4.69, 9.17) is 4.42 Å². The smallest absolute Gasteiger partial charge is 0.196 e. The average molecular weight is 248 g/mol. The molecule has 0 fully saturated rings. The van der Waals surface area contributed by atoms with Crippen molar-refractivity contribution in [2.24, 2.45) is 0 Å². The fourth-order valence-electron chi connectivity index (χ4n) is 1.63. The van der Waals surface area contributed by atoms with Crippen LogP contribution >= 0.6 is 11.8 Å². The van der Waals surface area contributed by atoms with Gasteiger partial charge in [-0.05, 0) is 19.4 Å². The molecule has 17 heavy (non-hydrogen) atoms. The van der Waals surface area contributed by atoms with Gasteiger partial charge in [0.05, 0.1) is 6.20 Å². The summed E-state index contributed by atoms with van der Waals surface area (Å²) in [5.41, 5.74) is 1.11. The zero-order valence-corrected chi connectivity index (χ0v) is 10.9. The Morgan fingerprint density at radius 1 is 1.35 bits per heavy atom. The molecule has 90 valence electrons. The van der Waals surface area contributed by atoms with E-state index in [2.05, 4.69) is 28.7 Å². The third-order valence-corrected chi connectivity index (χ3v) is 3.31. The van der Waals surface area contributed by atoms with Crippen molar-refractivity contribution in [1.29, 1.82) is 0 Å². The Hall–Kier alpha value is -1.26. The topological polar surface area (TPSA) is 38.1 Å². The SMILES string of the molecule is CNCCc1ncc(-c2ccccc2SC)o1. The van der Waals surface area contributed by atoms with Gasteiger partial charge in [-0.15, -0.1) is 11.8 Å². The standard InChI is InChI=1S/C13H16N2OS/c1-14-8-7-13-15-9-11(16-13)10-5-3-4-6-12(10)17-2/h3-6,9,14H,7-8H2,1-2H3. The number of likely N-dealkylation sites (N-methyl/N-ethyl adjacent to an activating group) is 1. The lowest BCUT2D eigenvalue weighted by Crippen LogP contribution is -2.10. The highest BCUT2D eigenvalue weighted by Crippen LogP contribution is 2.30. The van der Waals surface area contributed by atoms with Gasteiger partial charge in [0.1, 0.15) is 0 Å². The first kappa shape index (κ1) is 12.2. The first-order valence-corrected chi connectivity index (χ1v) is 6.80. The fraction of sp³-hybridized carbons (Fsp3) is 0.308. The van der Waals surface area contributed by atoms with Crippen molar-refractivity contribution in [1.82, 2.24) is 10.3 Å². The predicted molar refractivity (Wildman–Crippen MR) is 71.4 cm³/mol. The molecular formula is C13H16N2OS. The minimum atomic E-state index is 0.783. The zero-order valence-electron chi connectivity index (χ0n) is 10.1. The third kappa shape index (κ3) is 2.90. The predicted octanol–water partition coefficient (Wildman–Crippen LogP) is 2.83. The van der Waals surface area contributed by atoms with Crippen molar-refractivity contribution in [3.63, 3.8) is 0 Å². The summed E-state index contributed by atoms with van der Waals surface area (Å²) in [6, 6.07) is 8.21. The second-order valence-corrected chi connectivity index (χ2v) is 4.52. The molecule has 0 saturated carbocycles. The molecule has 1 aromatic heterocycles. The molecule has 0 aliphatic rings. The Morgan fingerprint density at radius 3 is 2.94 bits per heavy atom. The molecule has 4 heteroatoms. The highest BCUT2D eigenvalue weighted by Gasteiger charge is 2.09. The van der Waals surface area contributed by atoms with Crippen LogP contribution in [0.5, 0.6) is 0 Å². The number of nitrogens with zero attached hydrogens (tertiary/aromatic N) is 1. The van der Waals surface area contributed by atoms with Gasteiger partial charge in [0.25, 0.3) is 0 Å². The molecule has 2 aromatic rings. The zero-order chi connectivity index (χ0) is 12.1. The molecule has 2 rings (SSSR count). The number of aromatic nitrogens is 1. The third-order valence-electron chi connectivity index (χ3n) is 2.51. The first-order chi connectivity index (χ1) is 8.35. The lowest BCUT2D eigenvalue weighted by atomic mass is 10.2. The van der Waals surface area contributed by atoms with Crippen LogP contribution in [0.1, 0.15) is 5.89 Å². The van der Waals surface area contributed by atoms with Gasteiger partial charge in [-0.1, -0.05) is 18.2 Å². The first-order valence-electron chi connectivity index (χ1n) is 5.58. The number of hydrogen-bond acceptors (Lipinski definition) is 4. The van der Waals surface area contributed by atoms with Crippen LogP contribution in [-0.2, 0) is 6.42 Å². The van der Waals surface area contributed by atoms with Crippen LogP contribution in [0.2, 0.25) is 0 Å². The molecule has 1 aromatic carbocycles. The molecule has 1 N–H and O–H groups in total. The second kappa shape index (κ2) is 5.89. The fourth-order valence-corrected chi connectivity index (χ4v) is 2.23. The lowest BCUT2D eigenvalue weighted by Gasteiger charge is -2.02. The number of rotatable bonds is 5. The van der Waals surface area contributed by atoms with Crippen molar-refractivity contribution < 1.29 is 4.42 Å². The van der Waals surface area contributed by atoms with E-state index in [1.807, 2.05) is 19.2 Å². The van der Waals surface area contributed by atoms with Crippen LogP contribution in [-0.4, -0.2) is 24.8 Å². The van der Waals surface area contributed by atoms with Crippen LogP contribution in [0.3, 0.4) is 0 Å². The molecule has 0 aliphatic carbocycles. The summed E-state index contributed by atoms with van der Waals surface area (Å²) in [5.74, 6) is 1.63.